The molecule has 0 saturated carbocycles. The van der Waals surface area contributed by atoms with E-state index in [1.165, 1.54) is 0 Å². The largest absolute Gasteiger partial charge is 0.351 e. The Bertz CT molecular complexity index is 519. The lowest BCUT2D eigenvalue weighted by Crippen LogP contribution is -2.45. The molecule has 1 aromatic rings. The number of halogens is 4. The second-order valence-electron chi connectivity index (χ2n) is 5.50. The van der Waals surface area contributed by atoms with Gasteiger partial charge in [-0.1, -0.05) is 6.92 Å². The first-order chi connectivity index (χ1) is 9.43. The molecule has 1 unspecified atom stereocenters. The summed E-state index contributed by atoms with van der Waals surface area (Å²) < 4.78 is 39.4. The molecule has 1 atom stereocenters. The van der Waals surface area contributed by atoms with Gasteiger partial charge in [0.15, 0.2) is 17.5 Å². The lowest BCUT2D eigenvalue weighted by molar-refractivity contribution is 0.0919. The number of piperidine rings is 1. The molecule has 118 valence electrons. The van der Waals surface area contributed by atoms with Gasteiger partial charge >= 0.3 is 0 Å². The number of hydrogen-bond donors (Lipinski definition) is 2. The fourth-order valence-electron chi connectivity index (χ4n) is 2.36. The molecule has 21 heavy (non-hydrogen) atoms. The summed E-state index contributed by atoms with van der Waals surface area (Å²) in [4.78, 5) is 11.9. The van der Waals surface area contributed by atoms with Crippen molar-refractivity contribution in [3.63, 3.8) is 0 Å². The third kappa shape index (κ3) is 4.11. The van der Waals surface area contributed by atoms with Gasteiger partial charge in [0, 0.05) is 13.1 Å². The maximum Gasteiger partial charge on any atom is 0.254 e. The first-order valence-electron chi connectivity index (χ1n) is 6.55. The Labute approximate surface area is 127 Å². The number of hydrogen-bond acceptors (Lipinski definition) is 2. The summed E-state index contributed by atoms with van der Waals surface area (Å²) >= 11 is 0. The SMILES string of the molecule is CC1(CNC(=O)c2ccc(F)c(F)c2F)CCCNC1.Cl. The van der Waals surface area contributed by atoms with Crippen LogP contribution in [0.5, 0.6) is 0 Å². The van der Waals surface area contributed by atoms with Crippen LogP contribution in [-0.2, 0) is 0 Å². The highest BCUT2D eigenvalue weighted by molar-refractivity contribution is 5.94. The van der Waals surface area contributed by atoms with Gasteiger partial charge in [-0.15, -0.1) is 12.4 Å². The predicted octanol–water partition coefficient (Wildman–Crippen LogP) is 2.65. The van der Waals surface area contributed by atoms with Gasteiger partial charge in [-0.05, 0) is 36.9 Å². The second-order valence-corrected chi connectivity index (χ2v) is 5.50. The Morgan fingerprint density at radius 2 is 2.05 bits per heavy atom. The minimum Gasteiger partial charge on any atom is -0.351 e. The van der Waals surface area contributed by atoms with Crippen molar-refractivity contribution >= 4 is 18.3 Å². The third-order valence-electron chi connectivity index (χ3n) is 3.64. The molecule has 3 nitrogen and oxygen atoms in total. The minimum absolute atomic E-state index is 0. The van der Waals surface area contributed by atoms with Gasteiger partial charge in [0.1, 0.15) is 0 Å². The van der Waals surface area contributed by atoms with Crippen LogP contribution in [0.25, 0.3) is 0 Å². The Morgan fingerprint density at radius 3 is 2.67 bits per heavy atom. The summed E-state index contributed by atoms with van der Waals surface area (Å²) in [5, 5.41) is 5.82. The molecule has 0 bridgehead atoms. The van der Waals surface area contributed by atoms with Crippen molar-refractivity contribution in [2.75, 3.05) is 19.6 Å². The molecule has 1 saturated heterocycles. The van der Waals surface area contributed by atoms with Crippen LogP contribution in [0.4, 0.5) is 13.2 Å². The average molecular weight is 323 g/mol. The summed E-state index contributed by atoms with van der Waals surface area (Å²) in [5.74, 6) is -5.10. The van der Waals surface area contributed by atoms with E-state index in [1.807, 2.05) is 6.92 Å². The van der Waals surface area contributed by atoms with Gasteiger partial charge in [-0.3, -0.25) is 4.79 Å². The molecule has 2 N–H and O–H groups in total. The Balaban J connectivity index is 0.00000220. The van der Waals surface area contributed by atoms with Crippen LogP contribution in [0.15, 0.2) is 12.1 Å². The topological polar surface area (TPSA) is 41.1 Å². The van der Waals surface area contributed by atoms with Crippen molar-refractivity contribution in [2.45, 2.75) is 19.8 Å². The molecular weight excluding hydrogens is 305 g/mol. The number of carbonyl (C=O) groups is 1. The van der Waals surface area contributed by atoms with Crippen LogP contribution in [0.3, 0.4) is 0 Å². The molecule has 7 heteroatoms. The first-order valence-corrected chi connectivity index (χ1v) is 6.55. The maximum atomic E-state index is 13.5. The van der Waals surface area contributed by atoms with Crippen molar-refractivity contribution < 1.29 is 18.0 Å². The van der Waals surface area contributed by atoms with Gasteiger partial charge < -0.3 is 10.6 Å². The zero-order chi connectivity index (χ0) is 14.8. The second kappa shape index (κ2) is 7.13. The Morgan fingerprint density at radius 1 is 1.33 bits per heavy atom. The number of rotatable bonds is 3. The first kappa shape index (κ1) is 17.8. The standard InChI is InChI=1S/C14H17F3N2O.ClH/c1-14(5-2-6-18-7-14)8-19-13(20)9-3-4-10(15)12(17)11(9)16;/h3-4,18H,2,5-8H2,1H3,(H,19,20);1H. The summed E-state index contributed by atoms with van der Waals surface area (Å²) in [7, 11) is 0. The maximum absolute atomic E-state index is 13.5. The smallest absolute Gasteiger partial charge is 0.254 e. The molecule has 1 heterocycles. The molecule has 1 fully saturated rings. The Hall–Kier alpha value is -1.27. The zero-order valence-corrected chi connectivity index (χ0v) is 12.5. The monoisotopic (exact) mass is 322 g/mol. The van der Waals surface area contributed by atoms with E-state index in [0.29, 0.717) is 6.54 Å². The van der Waals surface area contributed by atoms with Crippen LogP contribution in [-0.4, -0.2) is 25.5 Å². The van der Waals surface area contributed by atoms with Crippen LogP contribution < -0.4 is 10.6 Å². The zero-order valence-electron chi connectivity index (χ0n) is 11.6. The minimum atomic E-state index is -1.62. The molecule has 1 aromatic carbocycles. The van der Waals surface area contributed by atoms with E-state index in [-0.39, 0.29) is 17.8 Å². The predicted molar refractivity (Wildman–Crippen MR) is 76.1 cm³/mol. The molecular formula is C14H18ClF3N2O. The normalized spacial score (nSPS) is 21.5. The lowest BCUT2D eigenvalue weighted by atomic mass is 9.83. The quantitative estimate of drug-likeness (QED) is 0.840. The number of nitrogens with one attached hydrogen (secondary N) is 2. The van der Waals surface area contributed by atoms with Gasteiger partial charge in [-0.25, -0.2) is 13.2 Å². The molecule has 2 rings (SSSR count). The molecule has 0 radical (unpaired) electrons. The summed E-state index contributed by atoms with van der Waals surface area (Å²) in [6, 6.07) is 1.70. The number of carbonyl (C=O) groups excluding carboxylic acids is 1. The fraction of sp³-hybridized carbons (Fsp3) is 0.500. The Kier molecular flexibility index (Phi) is 6.04. The van der Waals surface area contributed by atoms with Crippen molar-refractivity contribution in [1.82, 2.24) is 10.6 Å². The fourth-order valence-corrected chi connectivity index (χ4v) is 2.36. The van der Waals surface area contributed by atoms with E-state index in [4.69, 9.17) is 0 Å². The van der Waals surface area contributed by atoms with Crippen molar-refractivity contribution in [1.29, 1.82) is 0 Å². The average Bonchev–Trinajstić information content (AvgIpc) is 2.43. The van der Waals surface area contributed by atoms with E-state index in [0.717, 1.165) is 38.1 Å². The van der Waals surface area contributed by atoms with E-state index >= 15 is 0 Å². The van der Waals surface area contributed by atoms with Gasteiger partial charge in [0.2, 0.25) is 0 Å². The molecule has 1 amide bonds. The highest BCUT2D eigenvalue weighted by atomic mass is 35.5. The molecule has 0 spiro atoms. The van der Waals surface area contributed by atoms with E-state index < -0.39 is 28.9 Å². The highest BCUT2D eigenvalue weighted by Gasteiger charge is 2.28. The summed E-state index contributed by atoms with van der Waals surface area (Å²) in [6.07, 6.45) is 1.95. The van der Waals surface area contributed by atoms with E-state index in [2.05, 4.69) is 10.6 Å². The van der Waals surface area contributed by atoms with Crippen LogP contribution in [0.1, 0.15) is 30.1 Å². The molecule has 0 aromatic heterocycles. The lowest BCUT2D eigenvalue weighted by Gasteiger charge is -2.34. The van der Waals surface area contributed by atoms with Crippen molar-refractivity contribution in [3.05, 3.63) is 35.1 Å². The van der Waals surface area contributed by atoms with Gasteiger partial charge in [0.05, 0.1) is 5.56 Å². The third-order valence-corrected chi connectivity index (χ3v) is 3.64. The summed E-state index contributed by atoms with van der Waals surface area (Å²) in [6.45, 7) is 4.08. The van der Waals surface area contributed by atoms with Gasteiger partial charge in [0.25, 0.3) is 5.91 Å². The molecule has 1 aliphatic rings. The molecule has 0 aliphatic carbocycles. The van der Waals surface area contributed by atoms with E-state index in [1.54, 1.807) is 0 Å². The van der Waals surface area contributed by atoms with Crippen molar-refractivity contribution in [2.24, 2.45) is 5.41 Å². The number of benzene rings is 1. The van der Waals surface area contributed by atoms with Crippen LogP contribution in [0, 0.1) is 22.9 Å². The van der Waals surface area contributed by atoms with Crippen LogP contribution in [0.2, 0.25) is 0 Å². The van der Waals surface area contributed by atoms with Crippen LogP contribution >= 0.6 is 12.4 Å². The van der Waals surface area contributed by atoms with Gasteiger partial charge in [-0.2, -0.15) is 0 Å². The highest BCUT2D eigenvalue weighted by Crippen LogP contribution is 2.24. The number of amides is 1. The molecule has 1 aliphatic heterocycles. The van der Waals surface area contributed by atoms with E-state index in [9.17, 15) is 18.0 Å². The van der Waals surface area contributed by atoms with Crippen molar-refractivity contribution in [3.8, 4) is 0 Å². The summed E-state index contributed by atoms with van der Waals surface area (Å²) in [5.41, 5.74) is -0.584.